The van der Waals surface area contributed by atoms with E-state index in [1.807, 2.05) is 6.07 Å². The summed E-state index contributed by atoms with van der Waals surface area (Å²) in [5, 5.41) is 8.39. The molecule has 0 bridgehead atoms. The molecule has 126 valence electrons. The molecule has 0 saturated carbocycles. The van der Waals surface area contributed by atoms with Gasteiger partial charge in [0.2, 0.25) is 5.69 Å². The lowest BCUT2D eigenvalue weighted by Gasteiger charge is -2.16. The van der Waals surface area contributed by atoms with E-state index in [0.29, 0.717) is 10.9 Å². The van der Waals surface area contributed by atoms with Crippen molar-refractivity contribution in [1.82, 2.24) is 15.0 Å². The first-order valence-corrected chi connectivity index (χ1v) is 10.3. The van der Waals surface area contributed by atoms with Crippen LogP contribution in [0.5, 0.6) is 0 Å². The number of amides is 2. The van der Waals surface area contributed by atoms with Crippen molar-refractivity contribution in [3.05, 3.63) is 34.6 Å². The average Bonchev–Trinajstić information content (AvgIpc) is 2.54. The minimum absolute atomic E-state index is 0.202. The third-order valence-electron chi connectivity index (χ3n) is 2.41. The van der Waals surface area contributed by atoms with Crippen LogP contribution in [0.1, 0.15) is 0 Å². The number of hydrogen-bond acceptors (Lipinski definition) is 8. The highest BCUT2D eigenvalue weighted by Crippen LogP contribution is 2.60. The maximum atomic E-state index is 12.2. The standard InChI is InChI=1S/C10H12N3O3PS2.CH4N2O/c1-15-17(18,16-2)19-7-13-10(14)8-5-3-4-6-9(8)11-12-13;2-1(3)4/h3-6H,7H2,1-2H3;(H4,2,3,4). The molecule has 2 rings (SSSR count). The van der Waals surface area contributed by atoms with E-state index < -0.39 is 11.7 Å². The van der Waals surface area contributed by atoms with E-state index in [4.69, 9.17) is 25.6 Å². The van der Waals surface area contributed by atoms with Gasteiger partial charge in [-0.1, -0.05) is 17.3 Å². The highest BCUT2D eigenvalue weighted by atomic mass is 32.9. The van der Waals surface area contributed by atoms with E-state index in [2.05, 4.69) is 21.8 Å². The molecule has 0 unspecified atom stereocenters. The molecule has 0 aliphatic rings. The Kier molecular flexibility index (Phi) is 7.59. The topological polar surface area (TPSA) is 135 Å². The van der Waals surface area contributed by atoms with E-state index in [9.17, 15) is 4.79 Å². The van der Waals surface area contributed by atoms with Crippen molar-refractivity contribution in [1.29, 1.82) is 0 Å². The third-order valence-corrected chi connectivity index (χ3v) is 8.02. The molecule has 0 saturated heterocycles. The number of carbonyl (C=O) groups is 1. The second-order valence-corrected chi connectivity index (χ2v) is 10.4. The molecule has 12 heteroatoms. The number of benzene rings is 1. The van der Waals surface area contributed by atoms with Crippen LogP contribution in [0.4, 0.5) is 4.79 Å². The average molecular weight is 377 g/mol. The molecule has 0 atom stereocenters. The summed E-state index contributed by atoms with van der Waals surface area (Å²) >= 11 is 6.45. The van der Waals surface area contributed by atoms with Gasteiger partial charge in [0, 0.05) is 14.2 Å². The molecule has 0 aliphatic carbocycles. The highest BCUT2D eigenvalue weighted by Gasteiger charge is 2.17. The summed E-state index contributed by atoms with van der Waals surface area (Å²) in [5.41, 5.74) is 6.47. The van der Waals surface area contributed by atoms with Crippen LogP contribution in [0.25, 0.3) is 10.9 Å². The second-order valence-electron chi connectivity index (χ2n) is 3.88. The largest absolute Gasteiger partial charge is 0.352 e. The number of carbonyl (C=O) groups excluding carboxylic acids is 1. The van der Waals surface area contributed by atoms with Crippen molar-refractivity contribution in [3.8, 4) is 0 Å². The fourth-order valence-corrected chi connectivity index (χ4v) is 4.00. The number of fused-ring (bicyclic) bond motifs is 1. The van der Waals surface area contributed by atoms with Crippen LogP contribution in [0, 0.1) is 0 Å². The van der Waals surface area contributed by atoms with Gasteiger partial charge >= 0.3 is 6.03 Å². The van der Waals surface area contributed by atoms with E-state index in [1.165, 1.54) is 30.3 Å². The van der Waals surface area contributed by atoms with Gasteiger partial charge in [-0.15, -0.1) is 5.10 Å². The zero-order chi connectivity index (χ0) is 17.5. The molecule has 9 nitrogen and oxygen atoms in total. The van der Waals surface area contributed by atoms with E-state index in [0.717, 1.165) is 0 Å². The summed E-state index contributed by atoms with van der Waals surface area (Å²) < 4.78 is 11.5. The predicted molar refractivity (Wildman–Crippen MR) is 93.5 cm³/mol. The number of urea groups is 1. The number of primary amides is 2. The Balaban J connectivity index is 0.000000593. The fraction of sp³-hybridized carbons (Fsp3) is 0.273. The molecule has 4 N–H and O–H groups in total. The summed E-state index contributed by atoms with van der Waals surface area (Å²) in [7, 11) is 2.98. The van der Waals surface area contributed by atoms with Crippen LogP contribution in [-0.4, -0.2) is 35.2 Å². The van der Waals surface area contributed by atoms with Crippen molar-refractivity contribution in [2.75, 3.05) is 14.2 Å². The summed E-state index contributed by atoms with van der Waals surface area (Å²) in [6, 6.07) is 6.23. The van der Waals surface area contributed by atoms with Crippen molar-refractivity contribution in [2.24, 2.45) is 11.5 Å². The van der Waals surface area contributed by atoms with Gasteiger partial charge in [-0.3, -0.25) is 4.79 Å². The van der Waals surface area contributed by atoms with Crippen LogP contribution in [0.2, 0.25) is 0 Å². The normalized spacial score (nSPS) is 10.9. The first-order chi connectivity index (χ1) is 10.8. The molecule has 0 fully saturated rings. The highest BCUT2D eigenvalue weighted by molar-refractivity contribution is 8.67. The first kappa shape index (κ1) is 19.5. The smallest absolute Gasteiger partial charge is 0.309 e. The van der Waals surface area contributed by atoms with Gasteiger partial charge in [0.25, 0.3) is 5.56 Å². The van der Waals surface area contributed by atoms with Crippen molar-refractivity contribution >= 4 is 45.8 Å². The zero-order valence-electron chi connectivity index (χ0n) is 12.4. The molecule has 1 aromatic heterocycles. The van der Waals surface area contributed by atoms with Crippen LogP contribution < -0.4 is 17.0 Å². The van der Waals surface area contributed by atoms with Gasteiger partial charge in [-0.25, -0.2) is 4.79 Å². The van der Waals surface area contributed by atoms with Crippen LogP contribution in [0.15, 0.2) is 29.1 Å². The minimum Gasteiger partial charge on any atom is -0.352 e. The van der Waals surface area contributed by atoms with Crippen LogP contribution in [-0.2, 0) is 26.7 Å². The summed E-state index contributed by atoms with van der Waals surface area (Å²) in [6.07, 6.45) is 0. The number of nitrogens with two attached hydrogens (primary N) is 2. The number of hydrogen-bond donors (Lipinski definition) is 2. The molecule has 1 heterocycles. The predicted octanol–water partition coefficient (Wildman–Crippen LogP) is 1.02. The molecule has 2 amide bonds. The Bertz CT molecular complexity index is 772. The summed E-state index contributed by atoms with van der Waals surface area (Å²) in [5.74, 6) is 0.246. The Hall–Kier alpha value is -1.52. The maximum absolute atomic E-state index is 12.2. The SMILES string of the molecule is COP(=S)(OC)SCn1nnc2ccccc2c1=O.NC(N)=O. The van der Waals surface area contributed by atoms with Crippen LogP contribution >= 0.6 is 17.1 Å². The molecule has 1 aromatic carbocycles. The fourth-order valence-electron chi connectivity index (χ4n) is 1.41. The van der Waals surface area contributed by atoms with E-state index >= 15 is 0 Å². The van der Waals surface area contributed by atoms with Gasteiger partial charge in [0.1, 0.15) is 11.4 Å². The van der Waals surface area contributed by atoms with Crippen molar-refractivity contribution < 1.29 is 13.8 Å². The Morgan fingerprint density at radius 2 is 1.91 bits per heavy atom. The first-order valence-electron chi connectivity index (χ1n) is 6.06. The zero-order valence-corrected chi connectivity index (χ0v) is 14.9. The van der Waals surface area contributed by atoms with Gasteiger partial charge in [0.15, 0.2) is 0 Å². The van der Waals surface area contributed by atoms with Gasteiger partial charge in [0.05, 0.1) is 5.39 Å². The summed E-state index contributed by atoms with van der Waals surface area (Å²) in [4.78, 5) is 21.2. The lowest BCUT2D eigenvalue weighted by Crippen LogP contribution is -2.23. The quantitative estimate of drug-likeness (QED) is 0.737. The molecule has 0 aliphatic heterocycles. The van der Waals surface area contributed by atoms with Gasteiger partial charge < -0.3 is 20.5 Å². The molecular weight excluding hydrogens is 361 g/mol. The van der Waals surface area contributed by atoms with Gasteiger partial charge in [-0.2, -0.15) is 4.68 Å². The minimum atomic E-state index is -2.40. The van der Waals surface area contributed by atoms with Gasteiger partial charge in [-0.05, 0) is 35.3 Å². The molecule has 0 spiro atoms. The van der Waals surface area contributed by atoms with Crippen LogP contribution in [0.3, 0.4) is 0 Å². The Morgan fingerprint density at radius 3 is 2.48 bits per heavy atom. The lowest BCUT2D eigenvalue weighted by molar-refractivity contribution is 0.256. The number of nitrogens with zero attached hydrogens (tertiary/aromatic N) is 3. The Labute approximate surface area is 141 Å². The van der Waals surface area contributed by atoms with E-state index in [1.54, 1.807) is 18.2 Å². The Morgan fingerprint density at radius 1 is 1.35 bits per heavy atom. The van der Waals surface area contributed by atoms with Crippen molar-refractivity contribution in [3.63, 3.8) is 0 Å². The molecular formula is C11H16N5O4PS2. The number of rotatable bonds is 5. The molecule has 2 aromatic rings. The molecule has 23 heavy (non-hydrogen) atoms. The maximum Gasteiger partial charge on any atom is 0.309 e. The van der Waals surface area contributed by atoms with E-state index in [-0.39, 0.29) is 11.4 Å². The monoisotopic (exact) mass is 377 g/mol. The third kappa shape index (κ3) is 5.88. The number of aromatic nitrogens is 3. The lowest BCUT2D eigenvalue weighted by atomic mass is 10.2. The molecule has 0 radical (unpaired) electrons. The second kappa shape index (κ2) is 8.94. The van der Waals surface area contributed by atoms with Crippen molar-refractivity contribution in [2.45, 2.75) is 5.88 Å². The summed E-state index contributed by atoms with van der Waals surface area (Å²) in [6.45, 7) is 0.